The molecule has 0 saturated carbocycles. The minimum atomic E-state index is -1.09. The normalized spacial score (nSPS) is 12.1. The molecule has 0 bridgehead atoms. The second-order valence-corrected chi connectivity index (χ2v) is 6.97. The number of nitrogens with two attached hydrogens (primary N) is 1. The zero-order valence-corrected chi connectivity index (χ0v) is 15.3. The number of rotatable bonds is 6. The monoisotopic (exact) mass is 372 g/mol. The molecule has 0 aliphatic carbocycles. The molecule has 136 valence electrons. The Kier molecular flexibility index (Phi) is 6.68. The van der Waals surface area contributed by atoms with Gasteiger partial charge in [-0.1, -0.05) is 44.2 Å². The van der Waals surface area contributed by atoms with Crippen molar-refractivity contribution in [2.75, 3.05) is 0 Å². The van der Waals surface area contributed by atoms with Crippen molar-refractivity contribution in [2.45, 2.75) is 20.0 Å². The first-order valence-corrected chi connectivity index (χ1v) is 8.82. The molecule has 0 aliphatic rings. The molecule has 0 unspecified atom stereocenters. The number of urea groups is 1. The number of hydrogen-bond donors (Lipinski definition) is 2. The molecular weight excluding hydrogens is 352 g/mol. The van der Waals surface area contributed by atoms with Gasteiger partial charge in [0.1, 0.15) is 0 Å². The fraction of sp³-hybridized carbons (Fsp3) is 0.211. The number of hydrogen-bond acceptors (Lipinski definition) is 5. The van der Waals surface area contributed by atoms with Gasteiger partial charge in [0.15, 0.2) is 6.10 Å². The molecule has 0 saturated heterocycles. The van der Waals surface area contributed by atoms with Crippen molar-refractivity contribution >= 4 is 35.3 Å². The standard InChI is InChI=1S/C19H20N2O4S/c1-12(2)17(18(23)21-19(20)24)25-16(22)11-9-14-8-10-15(26-14)13-6-4-3-5-7-13/h3-12,17H,1-2H3,(H3,20,21,23,24)/b11-9+/t17-/m1/s1. The highest BCUT2D eigenvalue weighted by molar-refractivity contribution is 7.16. The van der Waals surface area contributed by atoms with Gasteiger partial charge in [-0.2, -0.15) is 0 Å². The van der Waals surface area contributed by atoms with E-state index in [2.05, 4.69) is 0 Å². The average Bonchev–Trinajstić information content (AvgIpc) is 3.06. The summed E-state index contributed by atoms with van der Waals surface area (Å²) in [5.74, 6) is -1.71. The zero-order chi connectivity index (χ0) is 19.1. The summed E-state index contributed by atoms with van der Waals surface area (Å²) in [5, 5.41) is 1.93. The molecule has 26 heavy (non-hydrogen) atoms. The van der Waals surface area contributed by atoms with Gasteiger partial charge in [-0.05, 0) is 29.7 Å². The molecule has 1 aromatic carbocycles. The van der Waals surface area contributed by atoms with Crippen LogP contribution in [0, 0.1) is 5.92 Å². The molecule has 6 nitrogen and oxygen atoms in total. The molecule has 1 atom stereocenters. The van der Waals surface area contributed by atoms with E-state index in [1.807, 2.05) is 47.8 Å². The van der Waals surface area contributed by atoms with Crippen LogP contribution in [0.3, 0.4) is 0 Å². The highest BCUT2D eigenvalue weighted by Crippen LogP contribution is 2.28. The van der Waals surface area contributed by atoms with Crippen LogP contribution in [0.2, 0.25) is 0 Å². The molecule has 0 aliphatic heterocycles. The summed E-state index contributed by atoms with van der Waals surface area (Å²) in [6.45, 7) is 3.40. The van der Waals surface area contributed by atoms with Gasteiger partial charge in [0, 0.05) is 15.8 Å². The molecule has 7 heteroatoms. The summed E-state index contributed by atoms with van der Waals surface area (Å²) < 4.78 is 5.15. The Balaban J connectivity index is 2.01. The maximum atomic E-state index is 12.0. The van der Waals surface area contributed by atoms with Gasteiger partial charge in [0.05, 0.1) is 0 Å². The molecule has 0 fully saturated rings. The van der Waals surface area contributed by atoms with Gasteiger partial charge in [-0.3, -0.25) is 10.1 Å². The average molecular weight is 372 g/mol. The van der Waals surface area contributed by atoms with E-state index in [1.54, 1.807) is 19.9 Å². The zero-order valence-electron chi connectivity index (χ0n) is 14.5. The second-order valence-electron chi connectivity index (χ2n) is 5.86. The van der Waals surface area contributed by atoms with Gasteiger partial charge >= 0.3 is 12.0 Å². The Morgan fingerprint density at radius 1 is 1.12 bits per heavy atom. The number of benzene rings is 1. The number of amides is 3. The summed E-state index contributed by atoms with van der Waals surface area (Å²) >= 11 is 1.53. The van der Waals surface area contributed by atoms with Gasteiger partial charge < -0.3 is 10.5 Å². The third kappa shape index (κ3) is 5.56. The maximum Gasteiger partial charge on any atom is 0.331 e. The fourth-order valence-electron chi connectivity index (χ4n) is 2.20. The lowest BCUT2D eigenvalue weighted by molar-refractivity contribution is -0.153. The first kappa shape index (κ1) is 19.4. The number of primary amides is 1. The first-order chi connectivity index (χ1) is 12.4. The van der Waals surface area contributed by atoms with Crippen LogP contribution in [-0.2, 0) is 14.3 Å². The molecular formula is C19H20N2O4S. The Bertz CT molecular complexity index is 812. The van der Waals surface area contributed by atoms with Crippen molar-refractivity contribution in [2.24, 2.45) is 11.7 Å². The molecule has 1 heterocycles. The van der Waals surface area contributed by atoms with Crippen LogP contribution in [0.4, 0.5) is 4.79 Å². The minimum absolute atomic E-state index is 0.307. The van der Waals surface area contributed by atoms with E-state index in [1.165, 1.54) is 17.4 Å². The van der Waals surface area contributed by atoms with Crippen LogP contribution in [0.1, 0.15) is 18.7 Å². The fourth-order valence-corrected chi connectivity index (χ4v) is 3.12. The number of carbonyl (C=O) groups excluding carboxylic acids is 3. The van der Waals surface area contributed by atoms with Crippen LogP contribution in [-0.4, -0.2) is 24.0 Å². The summed E-state index contributed by atoms with van der Waals surface area (Å²) in [6, 6.07) is 12.8. The van der Waals surface area contributed by atoms with Crippen molar-refractivity contribution in [3.63, 3.8) is 0 Å². The summed E-state index contributed by atoms with van der Waals surface area (Å²) in [6.07, 6.45) is 1.79. The molecule has 0 radical (unpaired) electrons. The van der Waals surface area contributed by atoms with Crippen molar-refractivity contribution in [3.8, 4) is 10.4 Å². The lowest BCUT2D eigenvalue weighted by Crippen LogP contribution is -2.45. The lowest BCUT2D eigenvalue weighted by atomic mass is 10.1. The molecule has 2 rings (SSSR count). The van der Waals surface area contributed by atoms with Gasteiger partial charge in [0.2, 0.25) is 0 Å². The van der Waals surface area contributed by atoms with Crippen LogP contribution < -0.4 is 11.1 Å². The van der Waals surface area contributed by atoms with E-state index in [0.717, 1.165) is 15.3 Å². The van der Waals surface area contributed by atoms with Crippen molar-refractivity contribution in [1.82, 2.24) is 5.32 Å². The minimum Gasteiger partial charge on any atom is -0.449 e. The Morgan fingerprint density at radius 3 is 2.42 bits per heavy atom. The van der Waals surface area contributed by atoms with Crippen LogP contribution >= 0.6 is 11.3 Å². The quantitative estimate of drug-likeness (QED) is 0.601. The largest absolute Gasteiger partial charge is 0.449 e. The number of thiophene rings is 1. The number of esters is 1. The smallest absolute Gasteiger partial charge is 0.331 e. The van der Waals surface area contributed by atoms with Gasteiger partial charge in [-0.25, -0.2) is 9.59 Å². The molecule has 3 amide bonds. The summed E-state index contributed by atoms with van der Waals surface area (Å²) in [7, 11) is 0. The number of imide groups is 1. The maximum absolute atomic E-state index is 12.0. The molecule has 2 aromatic rings. The van der Waals surface area contributed by atoms with E-state index in [0.29, 0.717) is 0 Å². The van der Waals surface area contributed by atoms with Crippen molar-refractivity contribution in [1.29, 1.82) is 0 Å². The number of carbonyl (C=O) groups is 3. The summed E-state index contributed by atoms with van der Waals surface area (Å²) in [4.78, 5) is 36.6. The number of ether oxygens (including phenoxy) is 1. The molecule has 0 spiro atoms. The van der Waals surface area contributed by atoms with E-state index in [-0.39, 0.29) is 5.92 Å². The van der Waals surface area contributed by atoms with E-state index >= 15 is 0 Å². The van der Waals surface area contributed by atoms with Crippen molar-refractivity contribution in [3.05, 3.63) is 53.4 Å². The Morgan fingerprint density at radius 2 is 1.81 bits per heavy atom. The number of nitrogens with one attached hydrogen (secondary N) is 1. The Hall–Kier alpha value is -2.93. The lowest BCUT2D eigenvalue weighted by Gasteiger charge is -2.18. The molecule has 3 N–H and O–H groups in total. The third-order valence-corrected chi connectivity index (χ3v) is 4.52. The highest BCUT2D eigenvalue weighted by atomic mass is 32.1. The van der Waals surface area contributed by atoms with E-state index in [9.17, 15) is 14.4 Å². The van der Waals surface area contributed by atoms with E-state index in [4.69, 9.17) is 10.5 Å². The predicted molar refractivity (Wildman–Crippen MR) is 101 cm³/mol. The van der Waals surface area contributed by atoms with Gasteiger partial charge in [-0.15, -0.1) is 11.3 Å². The first-order valence-electron chi connectivity index (χ1n) is 8.01. The van der Waals surface area contributed by atoms with Crippen LogP contribution in [0.25, 0.3) is 16.5 Å². The van der Waals surface area contributed by atoms with Crippen LogP contribution in [0.15, 0.2) is 48.5 Å². The Labute approximate surface area is 155 Å². The van der Waals surface area contributed by atoms with Gasteiger partial charge in [0.25, 0.3) is 5.91 Å². The second kappa shape index (κ2) is 8.96. The van der Waals surface area contributed by atoms with Crippen LogP contribution in [0.5, 0.6) is 0 Å². The van der Waals surface area contributed by atoms with Crippen molar-refractivity contribution < 1.29 is 19.1 Å². The topological polar surface area (TPSA) is 98.5 Å². The third-order valence-electron chi connectivity index (χ3n) is 3.42. The predicted octanol–water partition coefficient (Wildman–Crippen LogP) is 3.19. The highest BCUT2D eigenvalue weighted by Gasteiger charge is 2.26. The van der Waals surface area contributed by atoms with E-state index < -0.39 is 24.0 Å². The SMILES string of the molecule is CC(C)[C@@H](OC(=O)/C=C/c1ccc(-c2ccccc2)s1)C(=O)NC(N)=O. The summed E-state index contributed by atoms with van der Waals surface area (Å²) in [5.41, 5.74) is 6.02. The molecule has 1 aromatic heterocycles.